The molecule has 0 bridgehead atoms. The quantitative estimate of drug-likeness (QED) is 0.213. The van der Waals surface area contributed by atoms with E-state index in [1.165, 1.54) is 12.1 Å². The minimum absolute atomic E-state index is 0.229. The molecule has 4 aromatic carbocycles. The number of methoxy groups -OCH3 is 1. The minimum atomic E-state index is -4.37. The molecule has 0 atom stereocenters. The predicted octanol–water partition coefficient (Wildman–Crippen LogP) is 7.90. The predicted molar refractivity (Wildman–Crippen MR) is 132 cm³/mol. The van der Waals surface area contributed by atoms with Gasteiger partial charge in [-0.3, -0.25) is 0 Å². The molecular weight excluding hydrogens is 471 g/mol. The third-order valence-corrected chi connectivity index (χ3v) is 6.46. The molecule has 0 spiro atoms. The zero-order chi connectivity index (χ0) is 25.7. The number of aryl methyl sites for hydroxylation is 4. The second kappa shape index (κ2) is 11.2. The molecule has 0 aromatic heterocycles. The van der Waals surface area contributed by atoms with Crippen LogP contribution in [0.15, 0.2) is 72.8 Å². The summed E-state index contributed by atoms with van der Waals surface area (Å²) >= 11 is 0. The van der Waals surface area contributed by atoms with E-state index >= 15 is 4.39 Å². The Morgan fingerprint density at radius 1 is 0.639 bits per heavy atom. The molecule has 0 fully saturated rings. The van der Waals surface area contributed by atoms with Gasteiger partial charge in [0.25, 0.3) is 0 Å². The lowest BCUT2D eigenvalue weighted by atomic mass is 9.97. The Kier molecular flexibility index (Phi) is 8.04. The van der Waals surface area contributed by atoms with Crippen LogP contribution < -0.4 is 0 Å². The molecule has 0 radical (unpaired) electrons. The summed E-state index contributed by atoms with van der Waals surface area (Å²) in [7, 11) is 1.62. The Balaban J connectivity index is 1.41. The number of hydrogen-bond acceptors (Lipinski definition) is 1. The van der Waals surface area contributed by atoms with Gasteiger partial charge < -0.3 is 4.74 Å². The highest BCUT2D eigenvalue weighted by molar-refractivity contribution is 5.84. The number of hydrogen-bond donors (Lipinski definition) is 0. The summed E-state index contributed by atoms with van der Waals surface area (Å²) < 4.78 is 72.8. The van der Waals surface area contributed by atoms with E-state index in [1.807, 2.05) is 30.3 Å². The third kappa shape index (κ3) is 6.30. The highest BCUT2D eigenvalue weighted by Gasteiger charge is 2.29. The highest BCUT2D eigenvalue weighted by atomic mass is 19.4. The van der Waals surface area contributed by atoms with E-state index in [4.69, 9.17) is 4.74 Å². The summed E-state index contributed by atoms with van der Waals surface area (Å²) in [4.78, 5) is 0. The molecule has 0 heterocycles. The van der Waals surface area contributed by atoms with Gasteiger partial charge in [0, 0.05) is 12.5 Å². The van der Waals surface area contributed by atoms with Gasteiger partial charge in [-0.1, -0.05) is 54.6 Å². The lowest BCUT2D eigenvalue weighted by Crippen LogP contribution is -2.04. The summed E-state index contributed by atoms with van der Waals surface area (Å²) in [5.74, 6) is -0.545. The Morgan fingerprint density at radius 3 is 1.94 bits per heavy atom. The first-order chi connectivity index (χ1) is 17.2. The zero-order valence-corrected chi connectivity index (χ0v) is 20.0. The van der Waals surface area contributed by atoms with Crippen LogP contribution >= 0.6 is 0 Å². The largest absolute Gasteiger partial charge is 0.416 e. The molecule has 6 heteroatoms. The van der Waals surface area contributed by atoms with Gasteiger partial charge >= 0.3 is 6.18 Å². The van der Waals surface area contributed by atoms with E-state index in [0.29, 0.717) is 55.2 Å². The van der Waals surface area contributed by atoms with Crippen molar-refractivity contribution < 1.29 is 26.7 Å². The molecule has 0 N–H and O–H groups in total. The van der Waals surface area contributed by atoms with E-state index in [0.717, 1.165) is 34.2 Å². The van der Waals surface area contributed by atoms with Crippen molar-refractivity contribution in [1.29, 1.82) is 0 Å². The molecule has 1 nitrogen and oxygen atoms in total. The van der Waals surface area contributed by atoms with Gasteiger partial charge in [0.2, 0.25) is 0 Å². The van der Waals surface area contributed by atoms with E-state index in [-0.39, 0.29) is 11.6 Å². The fourth-order valence-corrected chi connectivity index (χ4v) is 4.32. The van der Waals surface area contributed by atoms with Crippen molar-refractivity contribution in [3.63, 3.8) is 0 Å². The summed E-state index contributed by atoms with van der Waals surface area (Å²) in [6.07, 6.45) is -1.72. The van der Waals surface area contributed by atoms with Gasteiger partial charge in [-0.15, -0.1) is 0 Å². The summed E-state index contributed by atoms with van der Waals surface area (Å²) in [6.45, 7) is 0.545. The van der Waals surface area contributed by atoms with Crippen LogP contribution in [0, 0.1) is 11.6 Å². The van der Waals surface area contributed by atoms with Crippen molar-refractivity contribution >= 4 is 10.8 Å². The molecule has 0 saturated carbocycles. The van der Waals surface area contributed by atoms with E-state index in [9.17, 15) is 17.6 Å². The summed E-state index contributed by atoms with van der Waals surface area (Å²) in [5, 5.41) is 1.26. The lowest BCUT2D eigenvalue weighted by molar-refractivity contribution is -0.137. The van der Waals surface area contributed by atoms with E-state index in [2.05, 4.69) is 0 Å². The number of benzene rings is 4. The number of rotatable bonds is 9. The molecule has 36 heavy (non-hydrogen) atoms. The molecule has 4 rings (SSSR count). The van der Waals surface area contributed by atoms with Crippen LogP contribution in [0.5, 0.6) is 0 Å². The number of ether oxygens (including phenoxy) is 1. The van der Waals surface area contributed by atoms with Gasteiger partial charge in [-0.2, -0.15) is 13.2 Å². The van der Waals surface area contributed by atoms with Gasteiger partial charge in [-0.25, -0.2) is 8.78 Å². The van der Waals surface area contributed by atoms with Gasteiger partial charge in [0.1, 0.15) is 11.6 Å². The van der Waals surface area contributed by atoms with Crippen molar-refractivity contribution in [3.8, 4) is 0 Å². The maximum Gasteiger partial charge on any atom is 0.416 e. The molecule has 188 valence electrons. The third-order valence-electron chi connectivity index (χ3n) is 6.46. The second-order valence-electron chi connectivity index (χ2n) is 8.96. The summed E-state index contributed by atoms with van der Waals surface area (Å²) in [5.41, 5.74) is 3.07. The molecule has 0 aliphatic carbocycles. The van der Waals surface area contributed by atoms with Crippen LogP contribution in [0.2, 0.25) is 0 Å². The van der Waals surface area contributed by atoms with Gasteiger partial charge in [0.05, 0.1) is 12.2 Å². The van der Waals surface area contributed by atoms with E-state index < -0.39 is 11.7 Å². The molecule has 0 unspecified atom stereocenters. The normalized spacial score (nSPS) is 11.8. The van der Waals surface area contributed by atoms with Crippen molar-refractivity contribution in [1.82, 2.24) is 0 Å². The average molecular weight is 499 g/mol. The Hall–Kier alpha value is -3.25. The van der Waals surface area contributed by atoms with Gasteiger partial charge in [0.15, 0.2) is 0 Å². The van der Waals surface area contributed by atoms with E-state index in [1.54, 1.807) is 25.3 Å². The number of fused-ring (bicyclic) bond motifs is 1. The maximum absolute atomic E-state index is 15.1. The maximum atomic E-state index is 15.1. The Labute approximate surface area is 207 Å². The van der Waals surface area contributed by atoms with Crippen LogP contribution in [-0.2, 0) is 43.0 Å². The first kappa shape index (κ1) is 25.8. The second-order valence-corrected chi connectivity index (χ2v) is 8.96. The van der Waals surface area contributed by atoms with Crippen LogP contribution in [0.3, 0.4) is 0 Å². The molecule has 0 aliphatic heterocycles. The summed E-state index contributed by atoms with van der Waals surface area (Å²) in [6, 6.07) is 19.3. The van der Waals surface area contributed by atoms with Crippen molar-refractivity contribution in [3.05, 3.63) is 118 Å². The van der Waals surface area contributed by atoms with Crippen LogP contribution in [0.25, 0.3) is 10.8 Å². The topological polar surface area (TPSA) is 9.23 Å². The number of halogens is 5. The average Bonchev–Trinajstić information content (AvgIpc) is 2.86. The minimum Gasteiger partial charge on any atom is -0.384 e. The highest BCUT2D eigenvalue weighted by Crippen LogP contribution is 2.29. The number of alkyl halides is 3. The van der Waals surface area contributed by atoms with Crippen LogP contribution in [0.1, 0.15) is 33.4 Å². The molecule has 0 amide bonds. The lowest BCUT2D eigenvalue weighted by Gasteiger charge is -2.10. The molecule has 4 aromatic rings. The van der Waals surface area contributed by atoms with Gasteiger partial charge in [-0.05, 0) is 83.5 Å². The first-order valence-electron chi connectivity index (χ1n) is 11.9. The zero-order valence-electron chi connectivity index (χ0n) is 20.0. The van der Waals surface area contributed by atoms with Crippen molar-refractivity contribution in [2.24, 2.45) is 0 Å². The molecule has 0 saturated heterocycles. The molecule has 0 aliphatic rings. The van der Waals surface area contributed by atoms with Crippen molar-refractivity contribution in [2.75, 3.05) is 13.7 Å². The van der Waals surface area contributed by atoms with Crippen molar-refractivity contribution in [2.45, 2.75) is 38.3 Å². The Morgan fingerprint density at radius 2 is 1.25 bits per heavy atom. The Bertz CT molecular complexity index is 1330. The first-order valence-corrected chi connectivity index (χ1v) is 11.9. The SMILES string of the molecule is COCCc1ccc(CCc2ccc3c(F)c(CCc4ccc(C(F)(F)F)cc4)ccc3c2)c(F)c1. The fraction of sp³-hybridized carbons (Fsp3) is 0.267. The monoisotopic (exact) mass is 498 g/mol. The molecular formula is C30H27F5O. The van der Waals surface area contributed by atoms with Crippen LogP contribution in [0.4, 0.5) is 22.0 Å². The smallest absolute Gasteiger partial charge is 0.384 e. The van der Waals surface area contributed by atoms with Crippen LogP contribution in [-0.4, -0.2) is 13.7 Å². The standard InChI is InChI=1S/C30H27F5O/c1-36-17-16-22-4-9-23(28(31)19-22)8-3-21-7-15-27-25(18-21)12-11-24(29(27)32)10-2-20-5-13-26(14-6-20)30(33,34)35/h4-7,9,11-15,18-19H,2-3,8,10,16-17H2,1H3. The fourth-order valence-electron chi connectivity index (χ4n) is 4.32.